The van der Waals surface area contributed by atoms with Crippen molar-refractivity contribution >= 4 is 0 Å². The Kier molecular flexibility index (Phi) is 1.86. The van der Waals surface area contributed by atoms with Crippen molar-refractivity contribution in [2.75, 3.05) is 0 Å². The maximum Gasteiger partial charge on any atom is 0.0774 e. The minimum absolute atomic E-state index is 0.0642. The van der Waals surface area contributed by atoms with Crippen molar-refractivity contribution in [2.24, 2.45) is 11.3 Å². The monoisotopic (exact) mass is 140 g/mol. The van der Waals surface area contributed by atoms with Gasteiger partial charge in [0, 0.05) is 0 Å². The fourth-order valence-electron chi connectivity index (χ4n) is 1.25. The van der Waals surface area contributed by atoms with Gasteiger partial charge in [0.15, 0.2) is 0 Å². The van der Waals surface area contributed by atoms with E-state index in [1.54, 1.807) is 0 Å². The maximum atomic E-state index is 9.52. The zero-order chi connectivity index (χ0) is 7.78. The zero-order valence-corrected chi connectivity index (χ0v) is 6.96. The standard InChI is InChI=1S/C9H16O/c1-7-5-4-6-8(10)9(7,2)3/h4,6-8,10H,5H2,1-3H3. The first-order valence-corrected chi connectivity index (χ1v) is 3.90. The predicted octanol–water partition coefficient (Wildman–Crippen LogP) is 1.97. The van der Waals surface area contributed by atoms with E-state index in [1.807, 2.05) is 6.08 Å². The normalized spacial score (nSPS) is 38.0. The Bertz CT molecular complexity index is 147. The summed E-state index contributed by atoms with van der Waals surface area (Å²) in [5, 5.41) is 9.52. The average molecular weight is 140 g/mol. The van der Waals surface area contributed by atoms with Crippen LogP contribution in [0.3, 0.4) is 0 Å². The second-order valence-electron chi connectivity index (χ2n) is 3.83. The molecule has 1 aliphatic carbocycles. The Hall–Kier alpha value is -0.300. The number of aliphatic hydroxyl groups is 1. The van der Waals surface area contributed by atoms with E-state index in [2.05, 4.69) is 26.8 Å². The lowest BCUT2D eigenvalue weighted by atomic mass is 9.71. The van der Waals surface area contributed by atoms with Gasteiger partial charge >= 0.3 is 0 Å². The van der Waals surface area contributed by atoms with Crippen molar-refractivity contribution in [3.05, 3.63) is 12.2 Å². The zero-order valence-electron chi connectivity index (χ0n) is 6.96. The second-order valence-corrected chi connectivity index (χ2v) is 3.83. The average Bonchev–Trinajstić information content (AvgIpc) is 1.84. The molecule has 0 radical (unpaired) electrons. The lowest BCUT2D eigenvalue weighted by molar-refractivity contribution is 0.0393. The molecule has 0 aromatic heterocycles. The number of aliphatic hydroxyl groups excluding tert-OH is 1. The third-order valence-corrected chi connectivity index (χ3v) is 2.84. The van der Waals surface area contributed by atoms with E-state index in [0.717, 1.165) is 6.42 Å². The van der Waals surface area contributed by atoms with Crippen molar-refractivity contribution in [1.29, 1.82) is 0 Å². The predicted molar refractivity (Wildman–Crippen MR) is 42.7 cm³/mol. The van der Waals surface area contributed by atoms with Crippen LogP contribution < -0.4 is 0 Å². The molecule has 0 heterocycles. The Morgan fingerprint density at radius 1 is 1.50 bits per heavy atom. The van der Waals surface area contributed by atoms with E-state index in [-0.39, 0.29) is 11.5 Å². The van der Waals surface area contributed by atoms with Gasteiger partial charge in [-0.1, -0.05) is 32.9 Å². The highest BCUT2D eigenvalue weighted by Crippen LogP contribution is 2.36. The highest BCUT2D eigenvalue weighted by Gasteiger charge is 2.33. The molecule has 10 heavy (non-hydrogen) atoms. The third kappa shape index (κ3) is 1.10. The number of hydrogen-bond acceptors (Lipinski definition) is 1. The summed E-state index contributed by atoms with van der Waals surface area (Å²) >= 11 is 0. The molecule has 0 spiro atoms. The molecule has 2 unspecified atom stereocenters. The summed E-state index contributed by atoms with van der Waals surface area (Å²) in [5.41, 5.74) is 0.0642. The Morgan fingerprint density at radius 2 is 2.10 bits per heavy atom. The summed E-state index contributed by atoms with van der Waals surface area (Å²) in [6, 6.07) is 0. The largest absolute Gasteiger partial charge is 0.388 e. The van der Waals surface area contributed by atoms with Crippen LogP contribution in [0.25, 0.3) is 0 Å². The molecule has 1 N–H and O–H groups in total. The quantitative estimate of drug-likeness (QED) is 0.510. The van der Waals surface area contributed by atoms with E-state index in [0.29, 0.717) is 5.92 Å². The minimum Gasteiger partial charge on any atom is -0.388 e. The van der Waals surface area contributed by atoms with Crippen LogP contribution >= 0.6 is 0 Å². The molecule has 0 aromatic carbocycles. The van der Waals surface area contributed by atoms with E-state index >= 15 is 0 Å². The number of allylic oxidation sites excluding steroid dienone is 1. The molecule has 0 amide bonds. The van der Waals surface area contributed by atoms with Gasteiger partial charge in [-0.25, -0.2) is 0 Å². The van der Waals surface area contributed by atoms with Gasteiger partial charge in [0.2, 0.25) is 0 Å². The fraction of sp³-hybridized carbons (Fsp3) is 0.778. The van der Waals surface area contributed by atoms with Gasteiger partial charge < -0.3 is 5.11 Å². The van der Waals surface area contributed by atoms with E-state index in [4.69, 9.17) is 0 Å². The molecule has 0 aromatic rings. The molecular weight excluding hydrogens is 124 g/mol. The minimum atomic E-state index is -0.253. The van der Waals surface area contributed by atoms with Gasteiger partial charge in [0.25, 0.3) is 0 Å². The molecule has 0 fully saturated rings. The van der Waals surface area contributed by atoms with Gasteiger partial charge in [0.1, 0.15) is 0 Å². The molecular formula is C9H16O. The summed E-state index contributed by atoms with van der Waals surface area (Å²) in [7, 11) is 0. The van der Waals surface area contributed by atoms with E-state index in [9.17, 15) is 5.11 Å². The van der Waals surface area contributed by atoms with Gasteiger partial charge in [-0.2, -0.15) is 0 Å². The van der Waals surface area contributed by atoms with Crippen LogP contribution in [0, 0.1) is 11.3 Å². The Morgan fingerprint density at radius 3 is 2.50 bits per heavy atom. The first-order chi connectivity index (χ1) is 4.55. The number of hydrogen-bond donors (Lipinski definition) is 1. The lowest BCUT2D eigenvalue weighted by Crippen LogP contribution is -2.36. The lowest BCUT2D eigenvalue weighted by Gasteiger charge is -2.37. The van der Waals surface area contributed by atoms with Crippen LogP contribution in [0.2, 0.25) is 0 Å². The summed E-state index contributed by atoms with van der Waals surface area (Å²) in [6.07, 6.45) is 4.82. The van der Waals surface area contributed by atoms with E-state index < -0.39 is 0 Å². The van der Waals surface area contributed by atoms with Crippen LogP contribution in [-0.2, 0) is 0 Å². The Labute approximate surface area is 62.8 Å². The molecule has 0 saturated carbocycles. The van der Waals surface area contributed by atoms with Gasteiger partial charge in [-0.3, -0.25) is 0 Å². The van der Waals surface area contributed by atoms with Crippen LogP contribution in [0.5, 0.6) is 0 Å². The third-order valence-electron chi connectivity index (χ3n) is 2.84. The Balaban J connectivity index is 2.78. The summed E-state index contributed by atoms with van der Waals surface area (Å²) in [6.45, 7) is 6.42. The van der Waals surface area contributed by atoms with E-state index in [1.165, 1.54) is 0 Å². The highest BCUT2D eigenvalue weighted by atomic mass is 16.3. The second kappa shape index (κ2) is 2.39. The first kappa shape index (κ1) is 7.80. The highest BCUT2D eigenvalue weighted by molar-refractivity contribution is 5.04. The first-order valence-electron chi connectivity index (χ1n) is 3.90. The summed E-state index contributed by atoms with van der Waals surface area (Å²) in [4.78, 5) is 0. The number of rotatable bonds is 0. The van der Waals surface area contributed by atoms with Crippen molar-refractivity contribution in [3.8, 4) is 0 Å². The summed E-state index contributed by atoms with van der Waals surface area (Å²) in [5.74, 6) is 0.590. The molecule has 2 atom stereocenters. The van der Waals surface area contributed by atoms with Crippen LogP contribution in [0.1, 0.15) is 27.2 Å². The van der Waals surface area contributed by atoms with Crippen LogP contribution in [0.15, 0.2) is 12.2 Å². The molecule has 1 aliphatic rings. The molecule has 1 heteroatoms. The maximum absolute atomic E-state index is 9.52. The summed E-state index contributed by atoms with van der Waals surface area (Å²) < 4.78 is 0. The van der Waals surface area contributed by atoms with Crippen molar-refractivity contribution < 1.29 is 5.11 Å². The molecule has 0 bridgehead atoms. The van der Waals surface area contributed by atoms with Gasteiger partial charge in [-0.15, -0.1) is 0 Å². The smallest absolute Gasteiger partial charge is 0.0774 e. The SMILES string of the molecule is CC1CC=CC(O)C1(C)C. The van der Waals surface area contributed by atoms with Crippen molar-refractivity contribution in [3.63, 3.8) is 0 Å². The van der Waals surface area contributed by atoms with Crippen LogP contribution in [-0.4, -0.2) is 11.2 Å². The molecule has 1 nitrogen and oxygen atoms in total. The van der Waals surface area contributed by atoms with Crippen LogP contribution in [0.4, 0.5) is 0 Å². The molecule has 0 aliphatic heterocycles. The fourth-order valence-corrected chi connectivity index (χ4v) is 1.25. The molecule has 1 rings (SSSR count). The van der Waals surface area contributed by atoms with Crippen molar-refractivity contribution in [2.45, 2.75) is 33.3 Å². The molecule has 0 saturated heterocycles. The topological polar surface area (TPSA) is 20.2 Å². The van der Waals surface area contributed by atoms with Crippen molar-refractivity contribution in [1.82, 2.24) is 0 Å². The molecule has 58 valence electrons. The van der Waals surface area contributed by atoms with Gasteiger partial charge in [0.05, 0.1) is 6.10 Å². The van der Waals surface area contributed by atoms with Gasteiger partial charge in [-0.05, 0) is 17.8 Å².